The van der Waals surface area contributed by atoms with Crippen LogP contribution >= 0.6 is 0 Å². The van der Waals surface area contributed by atoms with Crippen molar-refractivity contribution >= 4 is 22.6 Å². The molecule has 0 saturated carbocycles. The smallest absolute Gasteiger partial charge is 0.295 e. The fraction of sp³-hybridized carbons (Fsp3) is 0.241. The van der Waals surface area contributed by atoms with Gasteiger partial charge in [0.05, 0.1) is 23.6 Å². The lowest BCUT2D eigenvalue weighted by molar-refractivity contribution is 0.0971. The normalized spacial score (nSPS) is 15.1. The first-order chi connectivity index (χ1) is 16.3. The van der Waals surface area contributed by atoms with Crippen LogP contribution in [0.15, 0.2) is 63.8 Å². The predicted octanol–water partition coefficient (Wildman–Crippen LogP) is 6.18. The van der Waals surface area contributed by atoms with Crippen molar-refractivity contribution in [2.75, 3.05) is 11.5 Å². The van der Waals surface area contributed by atoms with Gasteiger partial charge in [0.25, 0.3) is 5.91 Å². The summed E-state index contributed by atoms with van der Waals surface area (Å²) in [7, 11) is 0. The van der Waals surface area contributed by atoms with E-state index in [9.17, 15) is 9.59 Å². The Balaban J connectivity index is 1.78. The Morgan fingerprint density at radius 3 is 2.21 bits per heavy atom. The van der Waals surface area contributed by atoms with Gasteiger partial charge in [-0.2, -0.15) is 0 Å². The maximum absolute atomic E-state index is 13.8. The second-order valence-electron chi connectivity index (χ2n) is 8.95. The molecule has 1 aliphatic heterocycles. The van der Waals surface area contributed by atoms with Crippen molar-refractivity contribution in [1.82, 2.24) is 0 Å². The highest BCUT2D eigenvalue weighted by Gasteiger charge is 2.43. The number of hydrogen-bond donors (Lipinski definition) is 0. The van der Waals surface area contributed by atoms with E-state index >= 15 is 0 Å². The average molecular weight is 454 g/mol. The molecule has 1 aromatic heterocycles. The molecule has 5 nitrogen and oxygen atoms in total. The van der Waals surface area contributed by atoms with Crippen LogP contribution in [-0.4, -0.2) is 12.5 Å². The number of aryl methyl sites for hydroxylation is 4. The summed E-state index contributed by atoms with van der Waals surface area (Å²) < 4.78 is 11.7. The molecule has 2 heterocycles. The maximum Gasteiger partial charge on any atom is 0.295 e. The molecular formula is C29H27NO4. The van der Waals surface area contributed by atoms with Crippen LogP contribution in [0.4, 0.5) is 5.69 Å². The molecule has 3 aromatic carbocycles. The Kier molecular flexibility index (Phi) is 5.28. The highest BCUT2D eigenvalue weighted by molar-refractivity contribution is 6.10. The average Bonchev–Trinajstić information content (AvgIpc) is 3.10. The van der Waals surface area contributed by atoms with Crippen molar-refractivity contribution in [2.45, 2.75) is 40.7 Å². The third-order valence-corrected chi connectivity index (χ3v) is 6.76. The highest BCUT2D eigenvalue weighted by atomic mass is 16.5. The van der Waals surface area contributed by atoms with Crippen LogP contribution in [0.3, 0.4) is 0 Å². The molecule has 0 radical (unpaired) electrons. The number of carbonyl (C=O) groups is 1. The van der Waals surface area contributed by atoms with Crippen molar-refractivity contribution in [3.63, 3.8) is 0 Å². The molecule has 0 saturated heterocycles. The Hall–Kier alpha value is -3.86. The van der Waals surface area contributed by atoms with E-state index in [1.165, 1.54) is 0 Å². The van der Waals surface area contributed by atoms with Crippen molar-refractivity contribution in [3.8, 4) is 5.75 Å². The quantitative estimate of drug-likeness (QED) is 0.370. The van der Waals surface area contributed by atoms with Gasteiger partial charge < -0.3 is 9.15 Å². The van der Waals surface area contributed by atoms with Gasteiger partial charge in [-0.3, -0.25) is 14.5 Å². The molecule has 1 aliphatic rings. The van der Waals surface area contributed by atoms with E-state index in [1.54, 1.807) is 4.90 Å². The highest BCUT2D eigenvalue weighted by Crippen LogP contribution is 2.42. The Morgan fingerprint density at radius 2 is 1.53 bits per heavy atom. The van der Waals surface area contributed by atoms with E-state index in [-0.39, 0.29) is 17.1 Å². The molecule has 0 spiro atoms. The number of amides is 1. The van der Waals surface area contributed by atoms with Gasteiger partial charge in [0.1, 0.15) is 11.3 Å². The third kappa shape index (κ3) is 3.39. The molecule has 1 unspecified atom stereocenters. The van der Waals surface area contributed by atoms with Crippen LogP contribution < -0.4 is 15.1 Å². The molecule has 0 aliphatic carbocycles. The zero-order valence-electron chi connectivity index (χ0n) is 20.1. The van der Waals surface area contributed by atoms with Crippen LogP contribution in [-0.2, 0) is 0 Å². The zero-order valence-corrected chi connectivity index (χ0v) is 20.1. The summed E-state index contributed by atoms with van der Waals surface area (Å²) in [5.41, 5.74) is 6.42. The predicted molar refractivity (Wildman–Crippen MR) is 134 cm³/mol. The number of fused-ring (bicyclic) bond motifs is 2. The van der Waals surface area contributed by atoms with E-state index in [1.807, 2.05) is 89.2 Å². The van der Waals surface area contributed by atoms with Gasteiger partial charge in [0, 0.05) is 5.69 Å². The number of hydrogen-bond acceptors (Lipinski definition) is 4. The van der Waals surface area contributed by atoms with Gasteiger partial charge >= 0.3 is 0 Å². The molecule has 0 bridgehead atoms. The second-order valence-corrected chi connectivity index (χ2v) is 8.95. The van der Waals surface area contributed by atoms with Crippen LogP contribution in [0.1, 0.15) is 56.9 Å². The van der Waals surface area contributed by atoms with Crippen LogP contribution in [0.5, 0.6) is 5.75 Å². The van der Waals surface area contributed by atoms with Crippen LogP contribution in [0, 0.1) is 27.7 Å². The van der Waals surface area contributed by atoms with E-state index in [2.05, 4.69) is 0 Å². The van der Waals surface area contributed by atoms with Gasteiger partial charge in [0.2, 0.25) is 5.76 Å². The van der Waals surface area contributed by atoms with Crippen molar-refractivity contribution in [3.05, 3.63) is 104 Å². The van der Waals surface area contributed by atoms with E-state index in [0.29, 0.717) is 23.1 Å². The molecule has 34 heavy (non-hydrogen) atoms. The summed E-state index contributed by atoms with van der Waals surface area (Å²) in [6, 6.07) is 16.6. The number of benzene rings is 3. The Bertz CT molecular complexity index is 1500. The zero-order chi connectivity index (χ0) is 24.1. The molecule has 4 aromatic rings. The van der Waals surface area contributed by atoms with E-state index in [0.717, 1.165) is 39.3 Å². The lowest BCUT2D eigenvalue weighted by atomic mass is 9.97. The van der Waals surface area contributed by atoms with Gasteiger partial charge in [0.15, 0.2) is 5.43 Å². The fourth-order valence-corrected chi connectivity index (χ4v) is 4.60. The second kappa shape index (κ2) is 8.17. The van der Waals surface area contributed by atoms with Crippen molar-refractivity contribution < 1.29 is 13.9 Å². The van der Waals surface area contributed by atoms with Crippen LogP contribution in [0.2, 0.25) is 0 Å². The van der Waals surface area contributed by atoms with Gasteiger partial charge in [-0.25, -0.2) is 0 Å². The number of ether oxygens (including phenoxy) is 1. The molecule has 1 atom stereocenters. The first kappa shape index (κ1) is 22.0. The number of anilines is 1. The first-order valence-corrected chi connectivity index (χ1v) is 11.5. The fourth-order valence-electron chi connectivity index (χ4n) is 4.60. The topological polar surface area (TPSA) is 59.8 Å². The number of carbonyl (C=O) groups excluding carboxylic acids is 1. The van der Waals surface area contributed by atoms with Gasteiger partial charge in [-0.1, -0.05) is 18.2 Å². The summed E-state index contributed by atoms with van der Waals surface area (Å²) in [6.07, 6.45) is 0. The lowest BCUT2D eigenvalue weighted by Crippen LogP contribution is -2.29. The minimum absolute atomic E-state index is 0.109. The van der Waals surface area contributed by atoms with Crippen molar-refractivity contribution in [2.24, 2.45) is 0 Å². The Labute approximate surface area is 198 Å². The van der Waals surface area contributed by atoms with Gasteiger partial charge in [-0.05, 0) is 98.8 Å². The minimum atomic E-state index is -0.595. The van der Waals surface area contributed by atoms with E-state index in [4.69, 9.17) is 9.15 Å². The summed E-state index contributed by atoms with van der Waals surface area (Å²) in [6.45, 7) is 10.5. The number of rotatable bonds is 4. The lowest BCUT2D eigenvalue weighted by Gasteiger charge is -2.26. The van der Waals surface area contributed by atoms with Gasteiger partial charge in [-0.15, -0.1) is 0 Å². The molecule has 5 rings (SSSR count). The van der Waals surface area contributed by atoms with Crippen LogP contribution in [0.25, 0.3) is 11.0 Å². The minimum Gasteiger partial charge on any atom is -0.494 e. The van der Waals surface area contributed by atoms with E-state index < -0.39 is 6.04 Å². The molecule has 0 N–H and O–H groups in total. The molecular weight excluding hydrogens is 426 g/mol. The monoisotopic (exact) mass is 453 g/mol. The largest absolute Gasteiger partial charge is 0.494 e. The third-order valence-electron chi connectivity index (χ3n) is 6.76. The summed E-state index contributed by atoms with van der Waals surface area (Å²) in [4.78, 5) is 29.3. The molecule has 172 valence electrons. The summed E-state index contributed by atoms with van der Waals surface area (Å²) >= 11 is 0. The summed E-state index contributed by atoms with van der Waals surface area (Å²) in [5.74, 6) is 0.539. The number of nitrogens with zero attached hydrogens (tertiary/aromatic N) is 1. The van der Waals surface area contributed by atoms with Crippen molar-refractivity contribution in [1.29, 1.82) is 0 Å². The molecule has 1 amide bonds. The molecule has 0 fully saturated rings. The molecule has 5 heteroatoms. The standard InChI is InChI=1S/C29H27NO4/c1-6-33-22-11-8-20(9-12-22)26-25-27(31)23-14-18(4)19(5)15-24(23)34-28(25)29(32)30(26)21-10-7-16(2)17(3)13-21/h7-15,26H,6H2,1-5H3. The summed E-state index contributed by atoms with van der Waals surface area (Å²) in [5, 5.41) is 0.493. The Morgan fingerprint density at radius 1 is 0.853 bits per heavy atom. The maximum atomic E-state index is 13.8. The SMILES string of the molecule is CCOc1ccc(C2c3c(oc4cc(C)c(C)cc4c3=O)C(=O)N2c2ccc(C)c(C)c2)cc1. The first-order valence-electron chi connectivity index (χ1n) is 11.5.